The highest BCUT2D eigenvalue weighted by Crippen LogP contribution is 2.45. The Morgan fingerprint density at radius 1 is 0.941 bits per heavy atom. The van der Waals surface area contributed by atoms with Crippen LogP contribution in [0, 0.1) is 0 Å². The Bertz CT molecular complexity index is 454. The molecular formula is C11H8Cl4O2. The molecule has 0 aromatic heterocycles. The van der Waals surface area contributed by atoms with Crippen molar-refractivity contribution in [3.05, 3.63) is 32.3 Å². The molecule has 1 saturated heterocycles. The maximum atomic E-state index is 6.14. The van der Waals surface area contributed by atoms with Crippen molar-refractivity contribution in [2.24, 2.45) is 0 Å². The summed E-state index contributed by atoms with van der Waals surface area (Å²) in [5, 5.41) is 1.19. The SMILES string of the molecule is ClC1=C(Cl)C2OC3C=CCC3OC2C(Cl)=C1Cl. The van der Waals surface area contributed by atoms with Crippen LogP contribution >= 0.6 is 46.4 Å². The highest BCUT2D eigenvalue weighted by molar-refractivity contribution is 6.51. The molecular weight excluding hydrogens is 306 g/mol. The molecule has 0 radical (unpaired) electrons. The average molecular weight is 314 g/mol. The predicted molar refractivity (Wildman–Crippen MR) is 68.5 cm³/mol. The van der Waals surface area contributed by atoms with E-state index >= 15 is 0 Å². The Labute approximate surface area is 119 Å². The van der Waals surface area contributed by atoms with Crippen molar-refractivity contribution >= 4 is 46.4 Å². The third kappa shape index (κ3) is 1.86. The average Bonchev–Trinajstić information content (AvgIpc) is 2.79. The van der Waals surface area contributed by atoms with E-state index in [9.17, 15) is 0 Å². The van der Waals surface area contributed by atoms with Crippen LogP contribution in [0.5, 0.6) is 0 Å². The molecule has 0 N–H and O–H groups in total. The second-order valence-corrected chi connectivity index (χ2v) is 5.67. The Morgan fingerprint density at radius 3 is 2.18 bits per heavy atom. The summed E-state index contributed by atoms with van der Waals surface area (Å²) in [4.78, 5) is 0. The number of fused-ring (bicyclic) bond motifs is 2. The second kappa shape index (κ2) is 4.44. The highest BCUT2D eigenvalue weighted by atomic mass is 35.5. The van der Waals surface area contributed by atoms with Crippen LogP contribution in [0.2, 0.25) is 0 Å². The van der Waals surface area contributed by atoms with E-state index in [1.807, 2.05) is 12.2 Å². The van der Waals surface area contributed by atoms with E-state index in [1.54, 1.807) is 0 Å². The summed E-state index contributed by atoms with van der Waals surface area (Å²) in [7, 11) is 0. The van der Waals surface area contributed by atoms with Crippen molar-refractivity contribution in [3.63, 3.8) is 0 Å². The van der Waals surface area contributed by atoms with Gasteiger partial charge in [0, 0.05) is 0 Å². The molecule has 92 valence electrons. The summed E-state index contributed by atoms with van der Waals surface area (Å²) in [6.07, 6.45) is 3.76. The molecule has 17 heavy (non-hydrogen) atoms. The number of hydrogen-bond donors (Lipinski definition) is 0. The molecule has 0 bridgehead atoms. The van der Waals surface area contributed by atoms with Crippen LogP contribution in [-0.4, -0.2) is 24.4 Å². The molecule has 2 aliphatic carbocycles. The minimum absolute atomic E-state index is 0.0178. The number of ether oxygens (including phenoxy) is 2. The molecule has 0 aromatic carbocycles. The quantitative estimate of drug-likeness (QED) is 0.632. The molecule has 0 amide bonds. The summed E-state index contributed by atoms with van der Waals surface area (Å²) in [5.74, 6) is 0. The molecule has 0 spiro atoms. The zero-order valence-electron chi connectivity index (χ0n) is 8.50. The summed E-state index contributed by atoms with van der Waals surface area (Å²) in [5.41, 5.74) is 0. The minimum Gasteiger partial charge on any atom is -0.363 e. The van der Waals surface area contributed by atoms with Crippen LogP contribution < -0.4 is 0 Å². The van der Waals surface area contributed by atoms with E-state index in [0.717, 1.165) is 6.42 Å². The van der Waals surface area contributed by atoms with Gasteiger partial charge in [-0.2, -0.15) is 0 Å². The molecule has 2 nitrogen and oxygen atoms in total. The third-order valence-corrected chi connectivity index (χ3v) is 4.96. The first-order valence-corrected chi connectivity index (χ1v) is 6.69. The molecule has 4 atom stereocenters. The van der Waals surface area contributed by atoms with Gasteiger partial charge in [-0.15, -0.1) is 0 Å². The molecule has 3 aliphatic rings. The van der Waals surface area contributed by atoms with Gasteiger partial charge in [0.1, 0.15) is 18.3 Å². The van der Waals surface area contributed by atoms with E-state index in [1.165, 1.54) is 0 Å². The van der Waals surface area contributed by atoms with Crippen LogP contribution in [0.25, 0.3) is 0 Å². The lowest BCUT2D eigenvalue weighted by Crippen LogP contribution is -2.48. The molecule has 1 aliphatic heterocycles. The number of halogens is 4. The first-order chi connectivity index (χ1) is 8.09. The maximum Gasteiger partial charge on any atom is 0.127 e. The molecule has 3 rings (SSSR count). The molecule has 4 unspecified atom stereocenters. The zero-order valence-corrected chi connectivity index (χ0v) is 11.5. The fourth-order valence-corrected chi connectivity index (χ4v) is 3.25. The molecule has 1 heterocycles. The van der Waals surface area contributed by atoms with Crippen molar-refractivity contribution in [1.82, 2.24) is 0 Å². The largest absolute Gasteiger partial charge is 0.363 e. The van der Waals surface area contributed by atoms with E-state index in [4.69, 9.17) is 55.9 Å². The zero-order chi connectivity index (χ0) is 12.2. The van der Waals surface area contributed by atoms with Crippen LogP contribution in [0.4, 0.5) is 0 Å². The lowest BCUT2D eigenvalue weighted by Gasteiger charge is -2.40. The van der Waals surface area contributed by atoms with Gasteiger partial charge >= 0.3 is 0 Å². The smallest absolute Gasteiger partial charge is 0.127 e. The summed E-state index contributed by atoms with van der Waals surface area (Å²) < 4.78 is 11.7. The van der Waals surface area contributed by atoms with Crippen molar-refractivity contribution in [3.8, 4) is 0 Å². The topological polar surface area (TPSA) is 18.5 Å². The molecule has 0 aromatic rings. The number of hydrogen-bond acceptors (Lipinski definition) is 2. The fourth-order valence-electron chi connectivity index (χ4n) is 2.22. The third-order valence-electron chi connectivity index (χ3n) is 3.07. The van der Waals surface area contributed by atoms with Crippen molar-refractivity contribution in [1.29, 1.82) is 0 Å². The first kappa shape index (κ1) is 12.3. The van der Waals surface area contributed by atoms with Gasteiger partial charge in [-0.05, 0) is 6.42 Å². The van der Waals surface area contributed by atoms with Gasteiger partial charge in [-0.25, -0.2) is 0 Å². The Balaban J connectivity index is 1.97. The van der Waals surface area contributed by atoms with Gasteiger partial charge in [0.2, 0.25) is 0 Å². The monoisotopic (exact) mass is 312 g/mol. The highest BCUT2D eigenvalue weighted by Gasteiger charge is 2.45. The summed E-state index contributed by atoms with van der Waals surface area (Å²) in [6.45, 7) is 0. The van der Waals surface area contributed by atoms with Crippen LogP contribution in [-0.2, 0) is 9.47 Å². The Kier molecular flexibility index (Phi) is 3.23. The van der Waals surface area contributed by atoms with Crippen molar-refractivity contribution in [2.45, 2.75) is 30.8 Å². The van der Waals surface area contributed by atoms with E-state index in [2.05, 4.69) is 0 Å². The van der Waals surface area contributed by atoms with Gasteiger partial charge < -0.3 is 9.47 Å². The first-order valence-electron chi connectivity index (χ1n) is 5.18. The van der Waals surface area contributed by atoms with E-state index in [-0.39, 0.29) is 22.3 Å². The Hall–Kier alpha value is 0.300. The Morgan fingerprint density at radius 2 is 1.53 bits per heavy atom. The van der Waals surface area contributed by atoms with Crippen LogP contribution in [0.15, 0.2) is 32.3 Å². The molecule has 6 heteroatoms. The fraction of sp³-hybridized carbons (Fsp3) is 0.455. The standard InChI is InChI=1S/C11H8Cl4O2/c12-6-7(13)9(15)11-10(8(6)14)16-4-2-1-3-5(4)17-11/h1-2,4-5,10-11H,3H2. The van der Waals surface area contributed by atoms with E-state index < -0.39 is 12.2 Å². The van der Waals surface area contributed by atoms with Crippen LogP contribution in [0.3, 0.4) is 0 Å². The normalized spacial score (nSPS) is 40.7. The van der Waals surface area contributed by atoms with Gasteiger partial charge in [0.25, 0.3) is 0 Å². The van der Waals surface area contributed by atoms with Crippen molar-refractivity contribution in [2.75, 3.05) is 0 Å². The maximum absolute atomic E-state index is 6.14. The van der Waals surface area contributed by atoms with Gasteiger partial charge in [-0.3, -0.25) is 0 Å². The van der Waals surface area contributed by atoms with Gasteiger partial charge in [0.05, 0.1) is 26.2 Å². The molecule has 0 saturated carbocycles. The predicted octanol–water partition coefficient (Wildman–Crippen LogP) is 3.86. The minimum atomic E-state index is -0.469. The summed E-state index contributed by atoms with van der Waals surface area (Å²) >= 11 is 24.3. The lowest BCUT2D eigenvalue weighted by molar-refractivity contribution is -0.172. The van der Waals surface area contributed by atoms with E-state index in [0.29, 0.717) is 10.1 Å². The number of allylic oxidation sites excluding steroid dienone is 2. The summed E-state index contributed by atoms with van der Waals surface area (Å²) in [6, 6.07) is 0. The lowest BCUT2D eigenvalue weighted by atomic mass is 10.0. The second-order valence-electron chi connectivity index (χ2n) is 4.10. The van der Waals surface area contributed by atoms with Crippen molar-refractivity contribution < 1.29 is 9.47 Å². The molecule has 1 fully saturated rings. The van der Waals surface area contributed by atoms with Gasteiger partial charge in [0.15, 0.2) is 0 Å². The van der Waals surface area contributed by atoms with Gasteiger partial charge in [-0.1, -0.05) is 58.6 Å². The van der Waals surface area contributed by atoms with Crippen LogP contribution in [0.1, 0.15) is 6.42 Å². The number of rotatable bonds is 0.